The zero-order valence-electron chi connectivity index (χ0n) is 11.0. The van der Waals surface area contributed by atoms with Crippen LogP contribution in [0.4, 0.5) is 5.69 Å². The summed E-state index contributed by atoms with van der Waals surface area (Å²) in [5.74, 6) is 0.902. The van der Waals surface area contributed by atoms with Crippen LogP contribution in [0.5, 0.6) is 0 Å². The second-order valence-corrected chi connectivity index (χ2v) is 5.03. The number of hydrogen-bond acceptors (Lipinski definition) is 4. The molecule has 2 aromatic rings. The topological polar surface area (TPSA) is 83.8 Å². The van der Waals surface area contributed by atoms with Gasteiger partial charge in [0, 0.05) is 36.7 Å². The summed E-state index contributed by atoms with van der Waals surface area (Å²) in [7, 11) is 0. The first-order valence-electron chi connectivity index (χ1n) is 6.74. The SMILES string of the molecule is O=[N+]([O-])c1cccc(-c2cnc(CCNC3CC3)[nH]2)c1. The molecule has 6 heteroatoms. The maximum Gasteiger partial charge on any atom is 0.270 e. The van der Waals surface area contributed by atoms with Crippen LogP contribution in [0.15, 0.2) is 30.5 Å². The molecule has 104 valence electrons. The molecule has 0 bridgehead atoms. The number of nitro benzene ring substituents is 1. The summed E-state index contributed by atoms with van der Waals surface area (Å²) >= 11 is 0. The predicted molar refractivity (Wildman–Crippen MR) is 75.4 cm³/mol. The molecule has 0 unspecified atom stereocenters. The minimum atomic E-state index is -0.389. The first kappa shape index (κ1) is 12.8. The number of imidazole rings is 1. The fourth-order valence-electron chi connectivity index (χ4n) is 2.11. The van der Waals surface area contributed by atoms with Crippen molar-refractivity contribution >= 4 is 5.69 Å². The largest absolute Gasteiger partial charge is 0.342 e. The Labute approximate surface area is 116 Å². The maximum absolute atomic E-state index is 10.8. The normalized spacial score (nSPS) is 14.4. The zero-order chi connectivity index (χ0) is 13.9. The molecule has 2 N–H and O–H groups in total. The molecule has 0 saturated heterocycles. The van der Waals surface area contributed by atoms with Gasteiger partial charge in [-0.15, -0.1) is 0 Å². The van der Waals surface area contributed by atoms with E-state index in [1.807, 2.05) is 6.07 Å². The molecule has 1 aromatic carbocycles. The molecular formula is C14H16N4O2. The number of benzene rings is 1. The van der Waals surface area contributed by atoms with Gasteiger partial charge in [-0.3, -0.25) is 10.1 Å². The molecule has 1 aliphatic rings. The van der Waals surface area contributed by atoms with Crippen molar-refractivity contribution in [2.75, 3.05) is 6.54 Å². The number of aromatic amines is 1. The highest BCUT2D eigenvalue weighted by atomic mass is 16.6. The van der Waals surface area contributed by atoms with Gasteiger partial charge < -0.3 is 10.3 Å². The molecular weight excluding hydrogens is 256 g/mol. The van der Waals surface area contributed by atoms with Crippen LogP contribution in [-0.2, 0) is 6.42 Å². The molecule has 0 radical (unpaired) electrons. The van der Waals surface area contributed by atoms with Gasteiger partial charge in [0.1, 0.15) is 5.82 Å². The van der Waals surface area contributed by atoms with E-state index in [4.69, 9.17) is 0 Å². The maximum atomic E-state index is 10.8. The Bertz CT molecular complexity index is 619. The molecule has 1 fully saturated rings. The lowest BCUT2D eigenvalue weighted by Gasteiger charge is -2.00. The lowest BCUT2D eigenvalue weighted by molar-refractivity contribution is -0.384. The first-order chi connectivity index (χ1) is 9.72. The Hall–Kier alpha value is -2.21. The summed E-state index contributed by atoms with van der Waals surface area (Å²) in [5, 5.41) is 14.2. The van der Waals surface area contributed by atoms with Crippen LogP contribution in [0.1, 0.15) is 18.7 Å². The lowest BCUT2D eigenvalue weighted by atomic mass is 10.1. The third kappa shape index (κ3) is 3.03. The van der Waals surface area contributed by atoms with E-state index in [1.54, 1.807) is 18.3 Å². The van der Waals surface area contributed by atoms with E-state index in [-0.39, 0.29) is 10.6 Å². The van der Waals surface area contributed by atoms with E-state index in [0.717, 1.165) is 30.0 Å². The van der Waals surface area contributed by atoms with Gasteiger partial charge in [-0.1, -0.05) is 12.1 Å². The molecule has 1 aliphatic carbocycles. The van der Waals surface area contributed by atoms with Crippen LogP contribution in [0.3, 0.4) is 0 Å². The van der Waals surface area contributed by atoms with Crippen molar-refractivity contribution in [1.82, 2.24) is 15.3 Å². The fraction of sp³-hybridized carbons (Fsp3) is 0.357. The fourth-order valence-corrected chi connectivity index (χ4v) is 2.11. The molecule has 0 atom stereocenters. The highest BCUT2D eigenvalue weighted by Crippen LogP contribution is 2.22. The van der Waals surface area contributed by atoms with E-state index in [2.05, 4.69) is 15.3 Å². The minimum absolute atomic E-state index is 0.0917. The van der Waals surface area contributed by atoms with Crippen LogP contribution in [-0.4, -0.2) is 27.5 Å². The van der Waals surface area contributed by atoms with Gasteiger partial charge >= 0.3 is 0 Å². The van der Waals surface area contributed by atoms with E-state index < -0.39 is 0 Å². The number of aromatic nitrogens is 2. The van der Waals surface area contributed by atoms with Crippen molar-refractivity contribution in [2.45, 2.75) is 25.3 Å². The summed E-state index contributed by atoms with van der Waals surface area (Å²) in [4.78, 5) is 17.9. The number of nitrogens with one attached hydrogen (secondary N) is 2. The van der Waals surface area contributed by atoms with Crippen LogP contribution in [0.25, 0.3) is 11.3 Å². The predicted octanol–water partition coefficient (Wildman–Crippen LogP) is 2.28. The molecule has 1 heterocycles. The molecule has 0 aliphatic heterocycles. The van der Waals surface area contributed by atoms with Gasteiger partial charge in [0.05, 0.1) is 16.8 Å². The Balaban J connectivity index is 1.68. The molecule has 1 saturated carbocycles. The standard InChI is InChI=1S/C14H16N4O2/c19-18(20)12-3-1-2-10(8-12)13-9-16-14(17-13)6-7-15-11-4-5-11/h1-3,8-9,11,15H,4-7H2,(H,16,17). The summed E-state index contributed by atoms with van der Waals surface area (Å²) in [5.41, 5.74) is 1.69. The molecule has 0 spiro atoms. The number of rotatable bonds is 6. The van der Waals surface area contributed by atoms with Crippen LogP contribution in [0.2, 0.25) is 0 Å². The van der Waals surface area contributed by atoms with Gasteiger partial charge in [-0.05, 0) is 12.8 Å². The van der Waals surface area contributed by atoms with Crippen molar-refractivity contribution in [1.29, 1.82) is 0 Å². The summed E-state index contributed by atoms with van der Waals surface area (Å²) in [6.07, 6.45) is 5.12. The van der Waals surface area contributed by atoms with Crippen LogP contribution < -0.4 is 5.32 Å². The Morgan fingerprint density at radius 2 is 2.30 bits per heavy atom. The van der Waals surface area contributed by atoms with Gasteiger partial charge in [-0.2, -0.15) is 0 Å². The Kier molecular flexibility index (Phi) is 3.47. The number of hydrogen-bond donors (Lipinski definition) is 2. The van der Waals surface area contributed by atoms with Crippen molar-refractivity contribution < 1.29 is 4.92 Å². The zero-order valence-corrected chi connectivity index (χ0v) is 11.0. The quantitative estimate of drug-likeness (QED) is 0.624. The lowest BCUT2D eigenvalue weighted by Crippen LogP contribution is -2.19. The third-order valence-corrected chi connectivity index (χ3v) is 3.37. The molecule has 6 nitrogen and oxygen atoms in total. The van der Waals surface area contributed by atoms with E-state index >= 15 is 0 Å². The summed E-state index contributed by atoms with van der Waals surface area (Å²) in [6.45, 7) is 0.909. The second-order valence-electron chi connectivity index (χ2n) is 5.03. The minimum Gasteiger partial charge on any atom is -0.342 e. The molecule has 20 heavy (non-hydrogen) atoms. The number of nitrogens with zero attached hydrogens (tertiary/aromatic N) is 2. The van der Waals surface area contributed by atoms with Gasteiger partial charge in [0.15, 0.2) is 0 Å². The smallest absolute Gasteiger partial charge is 0.270 e. The molecule has 0 amide bonds. The molecule has 1 aromatic heterocycles. The highest BCUT2D eigenvalue weighted by molar-refractivity contribution is 5.61. The number of nitro groups is 1. The van der Waals surface area contributed by atoms with Crippen LogP contribution >= 0.6 is 0 Å². The van der Waals surface area contributed by atoms with Crippen molar-refractivity contribution in [3.8, 4) is 11.3 Å². The summed E-state index contributed by atoms with van der Waals surface area (Å²) in [6, 6.07) is 7.26. The summed E-state index contributed by atoms with van der Waals surface area (Å²) < 4.78 is 0. The number of H-pyrrole nitrogens is 1. The van der Waals surface area contributed by atoms with E-state index in [0.29, 0.717) is 6.04 Å². The average Bonchev–Trinajstić information content (AvgIpc) is 3.15. The van der Waals surface area contributed by atoms with Gasteiger partial charge in [-0.25, -0.2) is 4.98 Å². The van der Waals surface area contributed by atoms with Crippen LogP contribution in [0, 0.1) is 10.1 Å². The Morgan fingerprint density at radius 1 is 1.45 bits per heavy atom. The molecule has 3 rings (SSSR count). The van der Waals surface area contributed by atoms with Gasteiger partial charge in [0.2, 0.25) is 0 Å². The van der Waals surface area contributed by atoms with E-state index in [1.165, 1.54) is 18.9 Å². The second kappa shape index (κ2) is 5.42. The van der Waals surface area contributed by atoms with Gasteiger partial charge in [0.25, 0.3) is 5.69 Å². The first-order valence-corrected chi connectivity index (χ1v) is 6.74. The van der Waals surface area contributed by atoms with Crippen molar-refractivity contribution in [3.05, 3.63) is 46.4 Å². The third-order valence-electron chi connectivity index (χ3n) is 3.37. The number of non-ortho nitro benzene ring substituents is 1. The van der Waals surface area contributed by atoms with Crippen molar-refractivity contribution in [3.63, 3.8) is 0 Å². The Morgan fingerprint density at radius 3 is 3.05 bits per heavy atom. The average molecular weight is 272 g/mol. The van der Waals surface area contributed by atoms with E-state index in [9.17, 15) is 10.1 Å². The van der Waals surface area contributed by atoms with Crippen molar-refractivity contribution in [2.24, 2.45) is 0 Å². The highest BCUT2D eigenvalue weighted by Gasteiger charge is 2.19. The monoisotopic (exact) mass is 272 g/mol.